The lowest BCUT2D eigenvalue weighted by atomic mass is 10.2. The molecule has 0 unspecified atom stereocenters. The van der Waals surface area contributed by atoms with Crippen LogP contribution in [0.1, 0.15) is 26.8 Å². The molecule has 0 atom stereocenters. The van der Waals surface area contributed by atoms with Crippen LogP contribution in [0.25, 0.3) is 0 Å². The predicted octanol–water partition coefficient (Wildman–Crippen LogP) is 2.22. The van der Waals surface area contributed by atoms with Crippen LogP contribution in [0, 0.1) is 6.92 Å². The number of aryl methyl sites for hydroxylation is 1. The van der Waals surface area contributed by atoms with Crippen molar-refractivity contribution in [1.82, 2.24) is 14.9 Å². The predicted molar refractivity (Wildman–Crippen MR) is 78.1 cm³/mol. The quantitative estimate of drug-likeness (QED) is 0.884. The summed E-state index contributed by atoms with van der Waals surface area (Å²) in [7, 11) is 2.01. The molecule has 0 aliphatic rings. The minimum Gasteiger partial charge on any atom is -0.477 e. The van der Waals surface area contributed by atoms with E-state index in [2.05, 4.69) is 14.9 Å². The highest BCUT2D eigenvalue weighted by molar-refractivity contribution is 7.09. The molecule has 0 aliphatic heterocycles. The number of rotatable bonds is 6. The van der Waals surface area contributed by atoms with Crippen molar-refractivity contribution in [2.45, 2.75) is 19.9 Å². The van der Waals surface area contributed by atoms with Gasteiger partial charge in [-0.1, -0.05) is 6.07 Å². The summed E-state index contributed by atoms with van der Waals surface area (Å²) in [6, 6.07) is 5.08. The molecular weight excluding hydrogens is 274 g/mol. The summed E-state index contributed by atoms with van der Waals surface area (Å²) in [6.45, 7) is 3.55. The fourth-order valence-electron chi connectivity index (χ4n) is 1.90. The van der Waals surface area contributed by atoms with Crippen molar-refractivity contribution in [1.29, 1.82) is 0 Å². The molecule has 2 rings (SSSR count). The number of nitrogens with zero attached hydrogens (tertiary/aromatic N) is 3. The molecular formula is C14H17N3O2S. The van der Waals surface area contributed by atoms with E-state index in [0.717, 1.165) is 24.4 Å². The lowest BCUT2D eigenvalue weighted by molar-refractivity contribution is 0.0690. The minimum absolute atomic E-state index is 0.0919. The first-order valence-corrected chi connectivity index (χ1v) is 7.21. The van der Waals surface area contributed by atoms with Gasteiger partial charge in [0.1, 0.15) is 5.69 Å². The first-order valence-electron chi connectivity index (χ1n) is 6.33. The Bertz CT molecular complexity index is 598. The van der Waals surface area contributed by atoms with Crippen LogP contribution in [0.3, 0.4) is 0 Å². The minimum atomic E-state index is -0.991. The highest BCUT2D eigenvalue weighted by atomic mass is 32.1. The van der Waals surface area contributed by atoms with Gasteiger partial charge in [-0.15, -0.1) is 11.3 Å². The maximum absolute atomic E-state index is 10.9. The Kier molecular flexibility index (Phi) is 4.81. The first kappa shape index (κ1) is 14.6. The molecule has 1 N–H and O–H groups in total. The monoisotopic (exact) mass is 291 g/mol. The van der Waals surface area contributed by atoms with Gasteiger partial charge in [-0.2, -0.15) is 0 Å². The second kappa shape index (κ2) is 6.58. The van der Waals surface area contributed by atoms with Crippen LogP contribution in [-0.4, -0.2) is 39.5 Å². The Hall–Kier alpha value is -1.79. The van der Waals surface area contributed by atoms with Crippen molar-refractivity contribution in [3.8, 4) is 0 Å². The zero-order valence-corrected chi connectivity index (χ0v) is 12.4. The smallest absolute Gasteiger partial charge is 0.354 e. The number of aromatic nitrogens is 2. The van der Waals surface area contributed by atoms with Crippen LogP contribution >= 0.6 is 11.3 Å². The summed E-state index contributed by atoms with van der Waals surface area (Å²) in [5.74, 6) is -0.991. The second-order valence-electron chi connectivity index (χ2n) is 4.67. The van der Waals surface area contributed by atoms with Crippen molar-refractivity contribution in [3.63, 3.8) is 0 Å². The SMILES string of the molecule is Cc1ncsc1CCN(C)Cc1cccc(C(=O)O)n1. The van der Waals surface area contributed by atoms with E-state index in [-0.39, 0.29) is 5.69 Å². The van der Waals surface area contributed by atoms with Gasteiger partial charge in [0.2, 0.25) is 0 Å². The van der Waals surface area contributed by atoms with Gasteiger partial charge >= 0.3 is 5.97 Å². The second-order valence-corrected chi connectivity index (χ2v) is 5.61. The van der Waals surface area contributed by atoms with Gasteiger partial charge in [0, 0.05) is 18.0 Å². The molecule has 5 nitrogen and oxygen atoms in total. The van der Waals surface area contributed by atoms with Crippen LogP contribution in [-0.2, 0) is 13.0 Å². The molecule has 20 heavy (non-hydrogen) atoms. The Morgan fingerprint density at radius 1 is 1.45 bits per heavy atom. The molecule has 6 heteroatoms. The number of hydrogen-bond acceptors (Lipinski definition) is 5. The van der Waals surface area contributed by atoms with Crippen LogP contribution < -0.4 is 0 Å². The lowest BCUT2D eigenvalue weighted by Gasteiger charge is -2.15. The fourth-order valence-corrected chi connectivity index (χ4v) is 2.67. The average molecular weight is 291 g/mol. The molecule has 2 heterocycles. The standard InChI is InChI=1S/C14H17N3O2S/c1-10-13(20-9-15-10)6-7-17(2)8-11-4-3-5-12(16-11)14(18)19/h3-5,9H,6-8H2,1-2H3,(H,18,19). The molecule has 0 spiro atoms. The zero-order valence-electron chi connectivity index (χ0n) is 11.5. The van der Waals surface area contributed by atoms with Crippen molar-refractivity contribution in [2.24, 2.45) is 0 Å². The number of pyridine rings is 1. The van der Waals surface area contributed by atoms with Crippen molar-refractivity contribution in [3.05, 3.63) is 45.7 Å². The Morgan fingerprint density at radius 2 is 2.25 bits per heavy atom. The highest BCUT2D eigenvalue weighted by Crippen LogP contribution is 2.13. The molecule has 0 fully saturated rings. The molecule has 2 aromatic heterocycles. The number of thiazole rings is 1. The van der Waals surface area contributed by atoms with Crippen molar-refractivity contribution >= 4 is 17.3 Å². The summed E-state index contributed by atoms with van der Waals surface area (Å²) in [5.41, 5.74) is 3.82. The number of carboxylic acid groups (broad SMARTS) is 1. The van der Waals surface area contributed by atoms with Crippen molar-refractivity contribution in [2.75, 3.05) is 13.6 Å². The van der Waals surface area contributed by atoms with Crippen LogP contribution in [0.5, 0.6) is 0 Å². The third-order valence-electron chi connectivity index (χ3n) is 3.02. The molecule has 106 valence electrons. The van der Waals surface area contributed by atoms with Gasteiger partial charge in [0.25, 0.3) is 0 Å². The van der Waals surface area contributed by atoms with Gasteiger partial charge < -0.3 is 10.0 Å². The highest BCUT2D eigenvalue weighted by Gasteiger charge is 2.08. The van der Waals surface area contributed by atoms with E-state index in [0.29, 0.717) is 6.54 Å². The molecule has 0 amide bonds. The maximum atomic E-state index is 10.9. The van der Waals surface area contributed by atoms with Gasteiger partial charge in [0.05, 0.1) is 16.9 Å². The largest absolute Gasteiger partial charge is 0.477 e. The van der Waals surface area contributed by atoms with E-state index in [9.17, 15) is 4.79 Å². The topological polar surface area (TPSA) is 66.3 Å². The van der Waals surface area contributed by atoms with E-state index in [1.54, 1.807) is 17.4 Å². The Morgan fingerprint density at radius 3 is 2.90 bits per heavy atom. The van der Waals surface area contributed by atoms with Crippen LogP contribution in [0.4, 0.5) is 0 Å². The molecule has 0 bridgehead atoms. The summed E-state index contributed by atoms with van der Waals surface area (Å²) in [5, 5.41) is 8.92. The third-order valence-corrected chi connectivity index (χ3v) is 4.02. The number of likely N-dealkylation sites (N-methyl/N-ethyl adjacent to an activating group) is 1. The Balaban J connectivity index is 1.91. The number of aromatic carboxylic acids is 1. The van der Waals surface area contributed by atoms with Crippen molar-refractivity contribution < 1.29 is 9.90 Å². The van der Waals surface area contributed by atoms with E-state index < -0.39 is 5.97 Å². The number of hydrogen-bond donors (Lipinski definition) is 1. The maximum Gasteiger partial charge on any atom is 0.354 e. The number of carboxylic acids is 1. The van der Waals surface area contributed by atoms with E-state index in [4.69, 9.17) is 5.11 Å². The lowest BCUT2D eigenvalue weighted by Crippen LogP contribution is -2.21. The number of carbonyl (C=O) groups is 1. The average Bonchev–Trinajstić information content (AvgIpc) is 2.82. The molecule has 0 saturated carbocycles. The zero-order chi connectivity index (χ0) is 14.5. The van der Waals surface area contributed by atoms with Gasteiger partial charge in [-0.3, -0.25) is 0 Å². The molecule has 0 saturated heterocycles. The summed E-state index contributed by atoms with van der Waals surface area (Å²) < 4.78 is 0. The molecule has 0 aliphatic carbocycles. The fraction of sp³-hybridized carbons (Fsp3) is 0.357. The summed E-state index contributed by atoms with van der Waals surface area (Å²) in [6.07, 6.45) is 0.950. The van der Waals surface area contributed by atoms with E-state index in [1.165, 1.54) is 10.9 Å². The molecule has 0 aromatic carbocycles. The Labute approximate surface area is 121 Å². The normalized spacial score (nSPS) is 10.9. The molecule has 0 radical (unpaired) electrons. The summed E-state index contributed by atoms with van der Waals surface area (Å²) >= 11 is 1.67. The first-order chi connectivity index (χ1) is 9.56. The van der Waals surface area contributed by atoms with E-state index in [1.807, 2.05) is 25.5 Å². The van der Waals surface area contributed by atoms with Gasteiger partial charge in [-0.25, -0.2) is 14.8 Å². The third kappa shape index (κ3) is 3.85. The van der Waals surface area contributed by atoms with Gasteiger partial charge in [0.15, 0.2) is 0 Å². The molecule has 2 aromatic rings. The summed E-state index contributed by atoms with van der Waals surface area (Å²) in [4.78, 5) is 22.7. The van der Waals surface area contributed by atoms with Gasteiger partial charge in [-0.05, 0) is 32.5 Å². The van der Waals surface area contributed by atoms with Crippen LogP contribution in [0.15, 0.2) is 23.7 Å². The van der Waals surface area contributed by atoms with Crippen LogP contribution in [0.2, 0.25) is 0 Å². The van der Waals surface area contributed by atoms with E-state index >= 15 is 0 Å².